The molecule has 0 spiro atoms. The Morgan fingerprint density at radius 1 is 1.20 bits per heavy atom. The highest BCUT2D eigenvalue weighted by molar-refractivity contribution is 5.87. The van der Waals surface area contributed by atoms with E-state index in [1.165, 1.54) is 5.39 Å². The molecule has 0 heterocycles. The van der Waals surface area contributed by atoms with Crippen LogP contribution in [0.2, 0.25) is 0 Å². The first-order valence-electron chi connectivity index (χ1n) is 5.11. The summed E-state index contributed by atoms with van der Waals surface area (Å²) >= 11 is 0. The van der Waals surface area contributed by atoms with E-state index in [-0.39, 0.29) is 12.5 Å². The van der Waals surface area contributed by atoms with Crippen molar-refractivity contribution in [3.63, 3.8) is 0 Å². The molecule has 0 bridgehead atoms. The summed E-state index contributed by atoms with van der Waals surface area (Å²) in [5.74, 6) is 0.0922. The van der Waals surface area contributed by atoms with E-state index >= 15 is 0 Å². The standard InChI is InChI=1S/C13H15NO/c1-9(8-15)12-6-10-4-2-3-5-11(10)7-13(12)14/h2-7,9,15H,8,14H2,1H3. The second kappa shape index (κ2) is 3.91. The zero-order valence-corrected chi connectivity index (χ0v) is 8.77. The number of hydrogen-bond donors (Lipinski definition) is 2. The molecule has 0 radical (unpaired) electrons. The van der Waals surface area contributed by atoms with Crippen molar-refractivity contribution in [2.45, 2.75) is 12.8 Å². The Hall–Kier alpha value is -1.54. The summed E-state index contributed by atoms with van der Waals surface area (Å²) in [7, 11) is 0. The molecule has 3 N–H and O–H groups in total. The van der Waals surface area contributed by atoms with Crippen LogP contribution in [0.25, 0.3) is 10.8 Å². The summed E-state index contributed by atoms with van der Waals surface area (Å²) in [4.78, 5) is 0. The van der Waals surface area contributed by atoms with Gasteiger partial charge in [-0.05, 0) is 28.5 Å². The molecule has 78 valence electrons. The van der Waals surface area contributed by atoms with Gasteiger partial charge in [-0.15, -0.1) is 0 Å². The highest BCUT2D eigenvalue weighted by atomic mass is 16.3. The summed E-state index contributed by atoms with van der Waals surface area (Å²) in [6.07, 6.45) is 0. The lowest BCUT2D eigenvalue weighted by Crippen LogP contribution is -2.03. The molecule has 2 aromatic carbocycles. The molecule has 1 atom stereocenters. The molecule has 0 aliphatic heterocycles. The van der Waals surface area contributed by atoms with Crippen LogP contribution in [-0.2, 0) is 0 Å². The SMILES string of the molecule is CC(CO)c1cc2ccccc2cc1N. The van der Waals surface area contributed by atoms with Gasteiger partial charge in [-0.2, -0.15) is 0 Å². The summed E-state index contributed by atoms with van der Waals surface area (Å²) in [6, 6.07) is 12.1. The Balaban J connectivity index is 2.61. The van der Waals surface area contributed by atoms with E-state index in [9.17, 15) is 0 Å². The maximum absolute atomic E-state index is 9.13. The summed E-state index contributed by atoms with van der Waals surface area (Å²) in [6.45, 7) is 2.10. The number of nitrogens with two attached hydrogens (primary N) is 1. The third kappa shape index (κ3) is 1.81. The number of aliphatic hydroxyl groups excluding tert-OH is 1. The Labute approximate surface area is 89.3 Å². The molecule has 0 saturated heterocycles. The Bertz CT molecular complexity index is 479. The van der Waals surface area contributed by atoms with Gasteiger partial charge in [0, 0.05) is 18.2 Å². The second-order valence-corrected chi connectivity index (χ2v) is 3.91. The van der Waals surface area contributed by atoms with Gasteiger partial charge in [-0.3, -0.25) is 0 Å². The van der Waals surface area contributed by atoms with Crippen molar-refractivity contribution < 1.29 is 5.11 Å². The van der Waals surface area contributed by atoms with Gasteiger partial charge in [0.25, 0.3) is 0 Å². The fourth-order valence-corrected chi connectivity index (χ4v) is 1.80. The van der Waals surface area contributed by atoms with Crippen molar-refractivity contribution in [1.29, 1.82) is 0 Å². The van der Waals surface area contributed by atoms with Gasteiger partial charge in [-0.25, -0.2) is 0 Å². The molecule has 0 amide bonds. The lowest BCUT2D eigenvalue weighted by Gasteiger charge is -2.12. The zero-order valence-electron chi connectivity index (χ0n) is 8.77. The van der Waals surface area contributed by atoms with E-state index in [0.29, 0.717) is 0 Å². The van der Waals surface area contributed by atoms with Crippen LogP contribution in [0.5, 0.6) is 0 Å². The van der Waals surface area contributed by atoms with Crippen LogP contribution in [-0.4, -0.2) is 11.7 Å². The number of anilines is 1. The average molecular weight is 201 g/mol. The van der Waals surface area contributed by atoms with Crippen molar-refractivity contribution in [2.24, 2.45) is 0 Å². The first kappa shape index (κ1) is 9.99. The van der Waals surface area contributed by atoms with Gasteiger partial charge in [0.05, 0.1) is 0 Å². The van der Waals surface area contributed by atoms with Crippen LogP contribution in [0.1, 0.15) is 18.4 Å². The van der Waals surface area contributed by atoms with Crippen molar-refractivity contribution in [1.82, 2.24) is 0 Å². The maximum atomic E-state index is 9.13. The number of rotatable bonds is 2. The molecular formula is C13H15NO. The largest absolute Gasteiger partial charge is 0.398 e. The topological polar surface area (TPSA) is 46.2 Å². The first-order valence-corrected chi connectivity index (χ1v) is 5.11. The van der Waals surface area contributed by atoms with Crippen LogP contribution in [0.15, 0.2) is 36.4 Å². The van der Waals surface area contributed by atoms with Crippen LogP contribution >= 0.6 is 0 Å². The summed E-state index contributed by atoms with van der Waals surface area (Å²) in [5.41, 5.74) is 7.74. The van der Waals surface area contributed by atoms with Gasteiger partial charge in [0.1, 0.15) is 0 Å². The van der Waals surface area contributed by atoms with E-state index in [1.807, 2.05) is 31.2 Å². The van der Waals surface area contributed by atoms with E-state index in [0.717, 1.165) is 16.6 Å². The van der Waals surface area contributed by atoms with Gasteiger partial charge < -0.3 is 10.8 Å². The minimum Gasteiger partial charge on any atom is -0.398 e. The van der Waals surface area contributed by atoms with Gasteiger partial charge in [0.2, 0.25) is 0 Å². The molecular weight excluding hydrogens is 186 g/mol. The molecule has 2 heteroatoms. The van der Waals surface area contributed by atoms with Gasteiger partial charge in [-0.1, -0.05) is 31.2 Å². The molecule has 0 aliphatic carbocycles. The first-order chi connectivity index (χ1) is 7.22. The van der Waals surface area contributed by atoms with E-state index in [2.05, 4.69) is 12.1 Å². The molecule has 0 aliphatic rings. The number of hydrogen-bond acceptors (Lipinski definition) is 2. The summed E-state index contributed by atoms with van der Waals surface area (Å²) in [5, 5.41) is 11.4. The molecule has 15 heavy (non-hydrogen) atoms. The number of nitrogen functional groups attached to an aromatic ring is 1. The lowest BCUT2D eigenvalue weighted by molar-refractivity contribution is 0.273. The third-order valence-electron chi connectivity index (χ3n) is 2.76. The molecule has 0 saturated carbocycles. The second-order valence-electron chi connectivity index (χ2n) is 3.91. The van der Waals surface area contributed by atoms with Crippen LogP contribution in [0.4, 0.5) is 5.69 Å². The highest BCUT2D eigenvalue weighted by Crippen LogP contribution is 2.27. The molecule has 1 unspecified atom stereocenters. The average Bonchev–Trinajstić information content (AvgIpc) is 2.27. The number of aliphatic hydroxyl groups is 1. The van der Waals surface area contributed by atoms with Crippen molar-refractivity contribution in [2.75, 3.05) is 12.3 Å². The monoisotopic (exact) mass is 201 g/mol. The highest BCUT2D eigenvalue weighted by Gasteiger charge is 2.08. The molecule has 0 aromatic heterocycles. The lowest BCUT2D eigenvalue weighted by atomic mass is 9.96. The van der Waals surface area contributed by atoms with Crippen molar-refractivity contribution in [3.05, 3.63) is 42.0 Å². The van der Waals surface area contributed by atoms with Crippen LogP contribution in [0.3, 0.4) is 0 Å². The summed E-state index contributed by atoms with van der Waals surface area (Å²) < 4.78 is 0. The third-order valence-corrected chi connectivity index (χ3v) is 2.76. The van der Waals surface area contributed by atoms with Gasteiger partial charge >= 0.3 is 0 Å². The van der Waals surface area contributed by atoms with Crippen molar-refractivity contribution >= 4 is 16.5 Å². The maximum Gasteiger partial charge on any atom is 0.0497 e. The molecule has 2 rings (SSSR count). The fourth-order valence-electron chi connectivity index (χ4n) is 1.80. The Kier molecular flexibility index (Phi) is 2.60. The predicted molar refractivity (Wildman–Crippen MR) is 63.9 cm³/mol. The van der Waals surface area contributed by atoms with E-state index in [1.54, 1.807) is 0 Å². The van der Waals surface area contributed by atoms with E-state index < -0.39 is 0 Å². The smallest absolute Gasteiger partial charge is 0.0497 e. The van der Waals surface area contributed by atoms with Gasteiger partial charge in [0.15, 0.2) is 0 Å². The Morgan fingerprint density at radius 3 is 2.40 bits per heavy atom. The quantitative estimate of drug-likeness (QED) is 0.733. The Morgan fingerprint density at radius 2 is 1.80 bits per heavy atom. The normalized spacial score (nSPS) is 12.9. The van der Waals surface area contributed by atoms with Crippen molar-refractivity contribution in [3.8, 4) is 0 Å². The van der Waals surface area contributed by atoms with Crippen LogP contribution in [0, 0.1) is 0 Å². The minimum atomic E-state index is 0.0922. The number of benzene rings is 2. The fraction of sp³-hybridized carbons (Fsp3) is 0.231. The zero-order chi connectivity index (χ0) is 10.8. The van der Waals surface area contributed by atoms with Crippen LogP contribution < -0.4 is 5.73 Å². The molecule has 0 fully saturated rings. The predicted octanol–water partition coefficient (Wildman–Crippen LogP) is 2.52. The minimum absolute atomic E-state index is 0.0922. The number of fused-ring (bicyclic) bond motifs is 1. The molecule has 2 aromatic rings. The van der Waals surface area contributed by atoms with E-state index in [4.69, 9.17) is 10.8 Å². The molecule has 2 nitrogen and oxygen atoms in total.